The molecule has 21 heavy (non-hydrogen) atoms. The summed E-state index contributed by atoms with van der Waals surface area (Å²) in [6, 6.07) is 14.2. The van der Waals surface area contributed by atoms with Crippen LogP contribution in [0.5, 0.6) is 0 Å². The predicted molar refractivity (Wildman–Crippen MR) is 85.0 cm³/mol. The van der Waals surface area contributed by atoms with Crippen molar-refractivity contribution < 1.29 is 9.50 Å². The van der Waals surface area contributed by atoms with E-state index in [1.165, 1.54) is 6.07 Å². The molecule has 3 rings (SSSR count). The predicted octanol–water partition coefficient (Wildman–Crippen LogP) is 3.82. The van der Waals surface area contributed by atoms with Gasteiger partial charge in [-0.1, -0.05) is 36.4 Å². The summed E-state index contributed by atoms with van der Waals surface area (Å²) in [5.74, 6) is -0.458. The van der Waals surface area contributed by atoms with Crippen molar-refractivity contribution in [3.8, 4) is 0 Å². The highest BCUT2D eigenvalue weighted by atomic mass is 32.1. The molecular weight excluding hydrogens is 285 g/mol. The number of aliphatic hydroxyl groups excluding tert-OH is 1. The van der Waals surface area contributed by atoms with Gasteiger partial charge in [0, 0.05) is 22.7 Å². The monoisotopic (exact) mass is 301 g/mol. The highest BCUT2D eigenvalue weighted by Gasteiger charge is 2.24. The lowest BCUT2D eigenvalue weighted by molar-refractivity contribution is 0.150. The van der Waals surface area contributed by atoms with Crippen molar-refractivity contribution >= 4 is 22.1 Å². The maximum atomic E-state index is 13.9. The van der Waals surface area contributed by atoms with Gasteiger partial charge in [-0.2, -0.15) is 0 Å². The normalized spacial score (nSPS) is 14.2. The van der Waals surface area contributed by atoms with Crippen LogP contribution in [0, 0.1) is 5.82 Å². The maximum Gasteiger partial charge on any atom is 0.131 e. The average molecular weight is 301 g/mol. The number of hydrogen-bond donors (Lipinski definition) is 2. The Kier molecular flexibility index (Phi) is 4.01. The molecule has 2 atom stereocenters. The Morgan fingerprint density at radius 3 is 2.48 bits per heavy atom. The van der Waals surface area contributed by atoms with Crippen LogP contribution in [0.25, 0.3) is 10.8 Å². The lowest BCUT2D eigenvalue weighted by Crippen LogP contribution is -2.19. The van der Waals surface area contributed by atoms with Crippen LogP contribution in [0.15, 0.2) is 53.9 Å². The fourth-order valence-electron chi connectivity index (χ4n) is 2.66. The molecule has 2 nitrogen and oxygen atoms in total. The first kappa shape index (κ1) is 14.2. The molecule has 0 amide bonds. The van der Waals surface area contributed by atoms with Gasteiger partial charge in [0.2, 0.25) is 0 Å². The smallest absolute Gasteiger partial charge is 0.131 e. The van der Waals surface area contributed by atoms with Crippen LogP contribution in [-0.2, 0) is 0 Å². The van der Waals surface area contributed by atoms with E-state index in [-0.39, 0.29) is 11.7 Å². The number of nitrogens with two attached hydrogens (primary N) is 1. The molecule has 0 saturated carbocycles. The average Bonchev–Trinajstić information content (AvgIpc) is 3.03. The van der Waals surface area contributed by atoms with Gasteiger partial charge in [0.1, 0.15) is 5.82 Å². The van der Waals surface area contributed by atoms with E-state index in [1.54, 1.807) is 29.5 Å². The number of fused-ring (bicyclic) bond motifs is 1. The standard InChI is InChI=1S/C17H16FNOS/c18-15-8-7-13(11-4-1-2-5-12(11)15)17(20)14(10-19)16-6-3-9-21-16/h1-9,14,17,20H,10,19H2. The molecule has 0 saturated heterocycles. The summed E-state index contributed by atoms with van der Waals surface area (Å²) < 4.78 is 13.9. The molecule has 2 aromatic carbocycles. The molecule has 0 aliphatic rings. The van der Waals surface area contributed by atoms with Crippen LogP contribution in [0.3, 0.4) is 0 Å². The van der Waals surface area contributed by atoms with E-state index < -0.39 is 6.10 Å². The Hall–Kier alpha value is -1.75. The Bertz CT molecular complexity index is 742. The van der Waals surface area contributed by atoms with Gasteiger partial charge in [-0.3, -0.25) is 0 Å². The summed E-state index contributed by atoms with van der Waals surface area (Å²) in [7, 11) is 0. The zero-order chi connectivity index (χ0) is 14.8. The van der Waals surface area contributed by atoms with Crippen LogP contribution >= 0.6 is 11.3 Å². The van der Waals surface area contributed by atoms with Crippen molar-refractivity contribution in [1.29, 1.82) is 0 Å². The fourth-order valence-corrected chi connectivity index (χ4v) is 3.53. The number of thiophene rings is 1. The molecule has 0 bridgehead atoms. The summed E-state index contributed by atoms with van der Waals surface area (Å²) in [6.45, 7) is 0.341. The van der Waals surface area contributed by atoms with Gasteiger partial charge < -0.3 is 10.8 Å². The molecular formula is C17H16FNOS. The molecule has 3 aromatic rings. The molecule has 0 fully saturated rings. The highest BCUT2D eigenvalue weighted by Crippen LogP contribution is 2.36. The van der Waals surface area contributed by atoms with Crippen molar-refractivity contribution in [3.05, 3.63) is 70.2 Å². The van der Waals surface area contributed by atoms with Gasteiger partial charge in [-0.15, -0.1) is 11.3 Å². The van der Waals surface area contributed by atoms with Crippen molar-refractivity contribution in [2.45, 2.75) is 12.0 Å². The van der Waals surface area contributed by atoms with Crippen molar-refractivity contribution in [3.63, 3.8) is 0 Å². The van der Waals surface area contributed by atoms with Crippen molar-refractivity contribution in [1.82, 2.24) is 0 Å². The molecule has 0 radical (unpaired) electrons. The molecule has 2 unspecified atom stereocenters. The molecule has 1 aromatic heterocycles. The third-order valence-corrected chi connectivity index (χ3v) is 4.77. The summed E-state index contributed by atoms with van der Waals surface area (Å²) in [5.41, 5.74) is 6.57. The van der Waals surface area contributed by atoms with Gasteiger partial charge in [0.05, 0.1) is 6.10 Å². The van der Waals surface area contributed by atoms with Gasteiger partial charge in [0.15, 0.2) is 0 Å². The zero-order valence-electron chi connectivity index (χ0n) is 11.4. The minimum atomic E-state index is -0.751. The Labute approximate surface area is 126 Å². The van der Waals surface area contributed by atoms with Crippen LogP contribution in [0.2, 0.25) is 0 Å². The van der Waals surface area contributed by atoms with Gasteiger partial charge in [-0.25, -0.2) is 4.39 Å². The SMILES string of the molecule is NCC(c1cccs1)C(O)c1ccc(F)c2ccccc12. The minimum Gasteiger partial charge on any atom is -0.388 e. The second-order valence-electron chi connectivity index (χ2n) is 4.98. The van der Waals surface area contributed by atoms with Crippen LogP contribution < -0.4 is 5.73 Å². The molecule has 0 aliphatic heterocycles. The van der Waals surface area contributed by atoms with Crippen molar-refractivity contribution in [2.24, 2.45) is 5.73 Å². The molecule has 3 N–H and O–H groups in total. The first-order valence-electron chi connectivity index (χ1n) is 6.81. The number of hydrogen-bond acceptors (Lipinski definition) is 3. The number of rotatable bonds is 4. The first-order chi connectivity index (χ1) is 10.2. The number of benzene rings is 2. The third-order valence-electron chi connectivity index (χ3n) is 3.77. The summed E-state index contributed by atoms with van der Waals surface area (Å²) in [4.78, 5) is 1.04. The Balaban J connectivity index is 2.09. The van der Waals surface area contributed by atoms with E-state index in [1.807, 2.05) is 29.6 Å². The van der Waals surface area contributed by atoms with Crippen LogP contribution in [-0.4, -0.2) is 11.7 Å². The van der Waals surface area contributed by atoms with E-state index in [0.717, 1.165) is 15.8 Å². The summed E-state index contributed by atoms with van der Waals surface area (Å²) in [6.07, 6.45) is -0.751. The van der Waals surface area contributed by atoms with Crippen LogP contribution in [0.4, 0.5) is 4.39 Å². The molecule has 1 heterocycles. The quantitative estimate of drug-likeness (QED) is 0.769. The van der Waals surface area contributed by atoms with Crippen molar-refractivity contribution in [2.75, 3.05) is 6.54 Å². The van der Waals surface area contributed by atoms with Gasteiger partial charge in [-0.05, 0) is 28.5 Å². The third kappa shape index (κ3) is 2.58. The molecule has 0 aliphatic carbocycles. The number of halogens is 1. The Morgan fingerprint density at radius 2 is 1.81 bits per heavy atom. The molecule has 0 spiro atoms. The fraction of sp³-hybridized carbons (Fsp3) is 0.176. The molecule has 4 heteroatoms. The Morgan fingerprint density at radius 1 is 1.05 bits per heavy atom. The molecule has 108 valence electrons. The topological polar surface area (TPSA) is 46.2 Å². The largest absolute Gasteiger partial charge is 0.388 e. The van der Waals surface area contributed by atoms with Crippen LogP contribution in [0.1, 0.15) is 22.5 Å². The minimum absolute atomic E-state index is 0.182. The zero-order valence-corrected chi connectivity index (χ0v) is 12.2. The summed E-state index contributed by atoms with van der Waals surface area (Å²) >= 11 is 1.57. The van der Waals surface area contributed by atoms with E-state index >= 15 is 0 Å². The first-order valence-corrected chi connectivity index (χ1v) is 7.69. The summed E-state index contributed by atoms with van der Waals surface area (Å²) in [5, 5.41) is 14.0. The van der Waals surface area contributed by atoms with E-state index in [2.05, 4.69) is 0 Å². The van der Waals surface area contributed by atoms with E-state index in [9.17, 15) is 9.50 Å². The lowest BCUT2D eigenvalue weighted by atomic mass is 9.90. The van der Waals surface area contributed by atoms with E-state index in [4.69, 9.17) is 5.73 Å². The van der Waals surface area contributed by atoms with Gasteiger partial charge >= 0.3 is 0 Å². The van der Waals surface area contributed by atoms with E-state index in [0.29, 0.717) is 11.9 Å². The highest BCUT2D eigenvalue weighted by molar-refractivity contribution is 7.10. The maximum absolute atomic E-state index is 13.9. The second kappa shape index (κ2) is 5.93. The number of aliphatic hydroxyl groups is 1. The van der Waals surface area contributed by atoms with Gasteiger partial charge in [0.25, 0.3) is 0 Å². The second-order valence-corrected chi connectivity index (χ2v) is 5.96. The lowest BCUT2D eigenvalue weighted by Gasteiger charge is -2.22.